The average molecular weight is 234 g/mol. The molecule has 2 rings (SSSR count). The third-order valence-electron chi connectivity index (χ3n) is 3.05. The maximum atomic E-state index is 11.2. The predicted octanol–water partition coefficient (Wildman–Crippen LogP) is 1.34. The number of anilines is 1. The fraction of sp³-hybridized carbons (Fsp3) is 0.462. The van der Waals surface area contributed by atoms with Crippen molar-refractivity contribution in [1.29, 1.82) is 0 Å². The molecule has 1 unspecified atom stereocenters. The van der Waals surface area contributed by atoms with Crippen molar-refractivity contribution in [3.63, 3.8) is 0 Å². The minimum absolute atomic E-state index is 0.0463. The number of amides is 1. The second-order valence-corrected chi connectivity index (χ2v) is 5.19. The van der Waals surface area contributed by atoms with Gasteiger partial charge in [-0.2, -0.15) is 0 Å². The molecule has 0 bridgehead atoms. The Morgan fingerprint density at radius 3 is 2.76 bits per heavy atom. The summed E-state index contributed by atoms with van der Waals surface area (Å²) in [4.78, 5) is 11.2. The van der Waals surface area contributed by atoms with Crippen LogP contribution in [0.1, 0.15) is 37.5 Å². The lowest BCUT2D eigenvalue weighted by Crippen LogP contribution is -2.39. The SMILES string of the molecule is CC(C)(N)C(O)c1ccc2c(c1)CCC(=O)N2. The van der Waals surface area contributed by atoms with Crippen molar-refractivity contribution in [2.24, 2.45) is 5.73 Å². The van der Waals surface area contributed by atoms with Crippen molar-refractivity contribution in [2.45, 2.75) is 38.3 Å². The zero-order valence-electron chi connectivity index (χ0n) is 10.2. The van der Waals surface area contributed by atoms with Gasteiger partial charge in [-0.15, -0.1) is 0 Å². The normalized spacial score (nSPS) is 17.3. The molecule has 0 saturated carbocycles. The van der Waals surface area contributed by atoms with Crippen molar-refractivity contribution in [2.75, 3.05) is 5.32 Å². The van der Waals surface area contributed by atoms with Gasteiger partial charge in [0.25, 0.3) is 0 Å². The standard InChI is InChI=1S/C13H18N2O2/c1-13(2,14)12(17)9-3-5-10-8(7-9)4-6-11(16)15-10/h3,5,7,12,17H,4,6,14H2,1-2H3,(H,15,16). The molecule has 1 atom stereocenters. The molecule has 92 valence electrons. The van der Waals surface area contributed by atoms with Gasteiger partial charge in [-0.3, -0.25) is 4.79 Å². The van der Waals surface area contributed by atoms with E-state index in [0.29, 0.717) is 12.8 Å². The highest BCUT2D eigenvalue weighted by molar-refractivity contribution is 5.93. The molecule has 1 aliphatic heterocycles. The number of aliphatic hydroxyl groups is 1. The van der Waals surface area contributed by atoms with Crippen LogP contribution in [0, 0.1) is 0 Å². The number of nitrogens with one attached hydrogen (secondary N) is 1. The number of carbonyl (C=O) groups excluding carboxylic acids is 1. The Kier molecular flexibility index (Phi) is 2.93. The molecule has 1 amide bonds. The van der Waals surface area contributed by atoms with Gasteiger partial charge in [-0.1, -0.05) is 12.1 Å². The first-order valence-corrected chi connectivity index (χ1v) is 5.77. The third-order valence-corrected chi connectivity index (χ3v) is 3.05. The van der Waals surface area contributed by atoms with Crippen LogP contribution in [0.4, 0.5) is 5.69 Å². The van der Waals surface area contributed by atoms with Gasteiger partial charge >= 0.3 is 0 Å². The predicted molar refractivity (Wildman–Crippen MR) is 66.6 cm³/mol. The van der Waals surface area contributed by atoms with Crippen molar-refractivity contribution in [1.82, 2.24) is 0 Å². The molecule has 17 heavy (non-hydrogen) atoms. The summed E-state index contributed by atoms with van der Waals surface area (Å²) in [6.07, 6.45) is 0.510. The van der Waals surface area contributed by atoms with E-state index < -0.39 is 11.6 Å². The number of aryl methyl sites for hydroxylation is 1. The first kappa shape index (κ1) is 12.1. The Morgan fingerprint density at radius 2 is 2.12 bits per heavy atom. The Hall–Kier alpha value is -1.39. The van der Waals surface area contributed by atoms with Crippen molar-refractivity contribution in [3.05, 3.63) is 29.3 Å². The smallest absolute Gasteiger partial charge is 0.224 e. The Labute approximate surface area is 101 Å². The maximum absolute atomic E-state index is 11.2. The van der Waals surface area contributed by atoms with E-state index in [4.69, 9.17) is 5.73 Å². The van der Waals surface area contributed by atoms with Crippen molar-refractivity contribution < 1.29 is 9.90 Å². The molecular formula is C13H18N2O2. The molecule has 1 aromatic rings. The van der Waals surface area contributed by atoms with Gasteiger partial charge in [0.1, 0.15) is 0 Å². The van der Waals surface area contributed by atoms with Gasteiger partial charge in [0, 0.05) is 17.6 Å². The second-order valence-electron chi connectivity index (χ2n) is 5.19. The lowest BCUT2D eigenvalue weighted by Gasteiger charge is -2.27. The van der Waals surface area contributed by atoms with Gasteiger partial charge in [-0.25, -0.2) is 0 Å². The van der Waals surface area contributed by atoms with Crippen LogP contribution in [-0.2, 0) is 11.2 Å². The van der Waals surface area contributed by atoms with E-state index >= 15 is 0 Å². The van der Waals surface area contributed by atoms with Crippen LogP contribution in [-0.4, -0.2) is 16.6 Å². The molecule has 1 heterocycles. The number of hydrogen-bond acceptors (Lipinski definition) is 3. The van der Waals surface area contributed by atoms with Crippen LogP contribution in [0.2, 0.25) is 0 Å². The summed E-state index contributed by atoms with van der Waals surface area (Å²) < 4.78 is 0. The fourth-order valence-corrected chi connectivity index (χ4v) is 2.00. The van der Waals surface area contributed by atoms with Crippen LogP contribution in [0.3, 0.4) is 0 Å². The molecule has 4 nitrogen and oxygen atoms in total. The summed E-state index contributed by atoms with van der Waals surface area (Å²) in [6.45, 7) is 3.58. The minimum atomic E-state index is -0.703. The van der Waals surface area contributed by atoms with E-state index in [1.54, 1.807) is 13.8 Å². The highest BCUT2D eigenvalue weighted by Crippen LogP contribution is 2.29. The van der Waals surface area contributed by atoms with E-state index in [0.717, 1.165) is 16.8 Å². The molecule has 4 N–H and O–H groups in total. The monoisotopic (exact) mass is 234 g/mol. The third kappa shape index (κ3) is 2.48. The van der Waals surface area contributed by atoms with Crippen LogP contribution in [0.25, 0.3) is 0 Å². The number of fused-ring (bicyclic) bond motifs is 1. The zero-order valence-corrected chi connectivity index (χ0v) is 10.2. The average Bonchev–Trinajstić information content (AvgIpc) is 2.26. The zero-order chi connectivity index (χ0) is 12.6. The maximum Gasteiger partial charge on any atom is 0.224 e. The highest BCUT2D eigenvalue weighted by Gasteiger charge is 2.25. The van der Waals surface area contributed by atoms with E-state index in [9.17, 15) is 9.90 Å². The number of rotatable bonds is 2. The minimum Gasteiger partial charge on any atom is -0.387 e. The Morgan fingerprint density at radius 1 is 1.41 bits per heavy atom. The topological polar surface area (TPSA) is 75.3 Å². The number of hydrogen-bond donors (Lipinski definition) is 3. The largest absolute Gasteiger partial charge is 0.387 e. The van der Waals surface area contributed by atoms with Crippen LogP contribution in [0.5, 0.6) is 0 Å². The number of benzene rings is 1. The van der Waals surface area contributed by atoms with Gasteiger partial charge in [0.15, 0.2) is 0 Å². The summed E-state index contributed by atoms with van der Waals surface area (Å²) in [7, 11) is 0. The van der Waals surface area contributed by atoms with Crippen LogP contribution in [0.15, 0.2) is 18.2 Å². The second kappa shape index (κ2) is 4.13. The lowest BCUT2D eigenvalue weighted by molar-refractivity contribution is -0.116. The number of nitrogens with two attached hydrogens (primary N) is 1. The van der Waals surface area contributed by atoms with Crippen LogP contribution < -0.4 is 11.1 Å². The summed E-state index contributed by atoms with van der Waals surface area (Å²) in [5.74, 6) is 0.0463. The van der Waals surface area contributed by atoms with Gasteiger partial charge < -0.3 is 16.2 Å². The molecule has 0 fully saturated rings. The molecule has 0 spiro atoms. The summed E-state index contributed by atoms with van der Waals surface area (Å²) in [6, 6.07) is 5.56. The molecular weight excluding hydrogens is 216 g/mol. The summed E-state index contributed by atoms with van der Waals surface area (Å²) in [5, 5.41) is 12.9. The first-order chi connectivity index (χ1) is 7.88. The molecule has 0 aromatic heterocycles. The van der Waals surface area contributed by atoms with Crippen molar-refractivity contribution >= 4 is 11.6 Å². The Bertz CT molecular complexity index is 449. The van der Waals surface area contributed by atoms with Crippen molar-refractivity contribution in [3.8, 4) is 0 Å². The first-order valence-electron chi connectivity index (χ1n) is 5.77. The quantitative estimate of drug-likeness (QED) is 0.723. The molecule has 0 radical (unpaired) electrons. The fourth-order valence-electron chi connectivity index (χ4n) is 2.00. The van der Waals surface area contributed by atoms with Gasteiger partial charge in [-0.05, 0) is 37.5 Å². The molecule has 0 aliphatic carbocycles. The molecule has 1 aliphatic rings. The van der Waals surface area contributed by atoms with E-state index in [1.807, 2.05) is 18.2 Å². The Balaban J connectivity index is 2.31. The summed E-state index contributed by atoms with van der Waals surface area (Å²) in [5.41, 5.74) is 7.91. The highest BCUT2D eigenvalue weighted by atomic mass is 16.3. The van der Waals surface area contributed by atoms with E-state index in [2.05, 4.69) is 5.32 Å². The molecule has 1 aromatic carbocycles. The number of aliphatic hydroxyl groups excluding tert-OH is 1. The molecule has 0 saturated heterocycles. The van der Waals surface area contributed by atoms with E-state index in [1.165, 1.54) is 0 Å². The van der Waals surface area contributed by atoms with Crippen LogP contribution >= 0.6 is 0 Å². The van der Waals surface area contributed by atoms with Gasteiger partial charge in [0.2, 0.25) is 5.91 Å². The molecule has 4 heteroatoms. The number of carbonyl (C=O) groups is 1. The lowest BCUT2D eigenvalue weighted by atomic mass is 9.90. The van der Waals surface area contributed by atoms with E-state index in [-0.39, 0.29) is 5.91 Å². The van der Waals surface area contributed by atoms with Gasteiger partial charge in [0.05, 0.1) is 6.10 Å². The summed E-state index contributed by atoms with van der Waals surface area (Å²) >= 11 is 0.